The predicted molar refractivity (Wildman–Crippen MR) is 118 cm³/mol. The van der Waals surface area contributed by atoms with Gasteiger partial charge in [-0.1, -0.05) is 68.1 Å². The number of aliphatic imine (C=N–C) groups is 1. The van der Waals surface area contributed by atoms with Gasteiger partial charge in [0.1, 0.15) is 0 Å². The third-order valence-corrected chi connectivity index (χ3v) is 5.59. The molecule has 5 heteroatoms. The van der Waals surface area contributed by atoms with Crippen LogP contribution in [0.5, 0.6) is 0 Å². The molecule has 0 saturated carbocycles. The minimum atomic E-state index is 0. The van der Waals surface area contributed by atoms with Crippen LogP contribution in [0.25, 0.3) is 0 Å². The highest BCUT2D eigenvalue weighted by Crippen LogP contribution is 2.27. The van der Waals surface area contributed by atoms with Crippen LogP contribution in [-0.4, -0.2) is 29.3 Å². The Bertz CT molecular complexity index is 746. The average molecular weight is 433 g/mol. The molecule has 1 heterocycles. The topological polar surface area (TPSA) is 32.7 Å². The van der Waals surface area contributed by atoms with Crippen LogP contribution in [0.1, 0.15) is 36.2 Å². The molecule has 0 fully saturated rings. The summed E-state index contributed by atoms with van der Waals surface area (Å²) in [4.78, 5) is 19.6. The molecule has 2 aromatic carbocycles. The van der Waals surface area contributed by atoms with Crippen molar-refractivity contribution >= 4 is 45.4 Å². The molecule has 0 aliphatic carbocycles. The second kappa shape index (κ2) is 9.93. The summed E-state index contributed by atoms with van der Waals surface area (Å²) in [6.45, 7) is 4.62. The van der Waals surface area contributed by atoms with E-state index in [1.165, 1.54) is 5.56 Å². The average Bonchev–Trinajstić information content (AvgIpc) is 3.15. The van der Waals surface area contributed by atoms with Gasteiger partial charge < -0.3 is 4.90 Å². The van der Waals surface area contributed by atoms with E-state index in [2.05, 4.69) is 43.0 Å². The minimum absolute atomic E-state index is 0. The molecule has 1 aliphatic rings. The second-order valence-corrected chi connectivity index (χ2v) is 7.17. The van der Waals surface area contributed by atoms with E-state index in [-0.39, 0.29) is 22.8 Å². The number of nitrogens with zero attached hydrogens (tertiary/aromatic N) is 2. The number of thioether (sulfide) groups is 1. The SMILES string of the molecule is Br.CCc1ccc(N(CC(=O)c2ccccc2)C2=NC(CC)CS2)cc1. The number of ketones is 1. The number of hydrogen-bond acceptors (Lipinski definition) is 4. The van der Waals surface area contributed by atoms with Crippen molar-refractivity contribution < 1.29 is 4.79 Å². The molecule has 0 saturated heterocycles. The Morgan fingerprint density at radius 2 is 1.81 bits per heavy atom. The number of anilines is 1. The maximum absolute atomic E-state index is 12.8. The lowest BCUT2D eigenvalue weighted by Gasteiger charge is -2.23. The molecule has 138 valence electrons. The number of hydrogen-bond donors (Lipinski definition) is 0. The number of carbonyl (C=O) groups excluding carboxylic acids is 1. The van der Waals surface area contributed by atoms with Gasteiger partial charge in [-0.3, -0.25) is 9.79 Å². The van der Waals surface area contributed by atoms with Crippen LogP contribution in [0.3, 0.4) is 0 Å². The number of carbonyl (C=O) groups is 1. The smallest absolute Gasteiger partial charge is 0.182 e. The summed E-state index contributed by atoms with van der Waals surface area (Å²) in [5.41, 5.74) is 3.07. The van der Waals surface area contributed by atoms with Crippen molar-refractivity contribution in [3.8, 4) is 0 Å². The Morgan fingerprint density at radius 3 is 2.38 bits per heavy atom. The molecule has 1 unspecified atom stereocenters. The van der Waals surface area contributed by atoms with Gasteiger partial charge in [0, 0.05) is 17.0 Å². The highest BCUT2D eigenvalue weighted by Gasteiger charge is 2.25. The second-order valence-electron chi connectivity index (χ2n) is 6.18. The number of amidine groups is 1. The lowest BCUT2D eigenvalue weighted by molar-refractivity contribution is 0.100. The van der Waals surface area contributed by atoms with Crippen LogP contribution in [0.4, 0.5) is 5.69 Å². The summed E-state index contributed by atoms with van der Waals surface area (Å²) >= 11 is 1.75. The van der Waals surface area contributed by atoms with Gasteiger partial charge in [-0.05, 0) is 30.5 Å². The van der Waals surface area contributed by atoms with Crippen molar-refractivity contribution in [1.29, 1.82) is 0 Å². The molecule has 0 bridgehead atoms. The van der Waals surface area contributed by atoms with Crippen molar-refractivity contribution in [3.05, 3.63) is 65.7 Å². The van der Waals surface area contributed by atoms with Crippen LogP contribution in [0.15, 0.2) is 59.6 Å². The number of Topliss-reactive ketones (excluding diaryl/α,β-unsaturated/α-hetero) is 1. The molecule has 26 heavy (non-hydrogen) atoms. The Kier molecular flexibility index (Phi) is 7.91. The molecule has 0 amide bonds. The number of benzene rings is 2. The fourth-order valence-corrected chi connectivity index (χ4v) is 4.00. The van der Waals surface area contributed by atoms with Crippen LogP contribution in [0, 0.1) is 0 Å². The van der Waals surface area contributed by atoms with Gasteiger partial charge in [0.2, 0.25) is 0 Å². The van der Waals surface area contributed by atoms with Crippen molar-refractivity contribution in [2.45, 2.75) is 32.7 Å². The van der Waals surface area contributed by atoms with Crippen LogP contribution < -0.4 is 4.90 Å². The minimum Gasteiger partial charge on any atom is -0.313 e. The van der Waals surface area contributed by atoms with Gasteiger partial charge >= 0.3 is 0 Å². The molecule has 3 nitrogen and oxygen atoms in total. The van der Waals surface area contributed by atoms with Crippen molar-refractivity contribution in [1.82, 2.24) is 0 Å². The van der Waals surface area contributed by atoms with Gasteiger partial charge in [-0.2, -0.15) is 0 Å². The molecular weight excluding hydrogens is 408 g/mol. The van der Waals surface area contributed by atoms with Crippen molar-refractivity contribution in [2.24, 2.45) is 4.99 Å². The zero-order chi connectivity index (χ0) is 17.6. The normalized spacial score (nSPS) is 15.9. The molecule has 0 aromatic heterocycles. The Morgan fingerprint density at radius 1 is 1.12 bits per heavy atom. The molecule has 3 rings (SSSR count). The van der Waals surface area contributed by atoms with Crippen molar-refractivity contribution in [2.75, 3.05) is 17.2 Å². The molecule has 1 aliphatic heterocycles. The van der Waals surface area contributed by atoms with E-state index >= 15 is 0 Å². The monoisotopic (exact) mass is 432 g/mol. The first kappa shape index (κ1) is 20.7. The van der Waals surface area contributed by atoms with Crippen LogP contribution in [0.2, 0.25) is 0 Å². The standard InChI is InChI=1S/C21H24N2OS.BrH/c1-3-16-10-12-19(13-11-16)23(21-22-18(4-2)15-25-21)14-20(24)17-8-6-5-7-9-17;/h5-13,18H,3-4,14-15H2,1-2H3;1H. The summed E-state index contributed by atoms with van der Waals surface area (Å²) in [6, 6.07) is 18.3. The summed E-state index contributed by atoms with van der Waals surface area (Å²) in [7, 11) is 0. The Hall–Kier alpha value is -1.59. The lowest BCUT2D eigenvalue weighted by Crippen LogP contribution is -2.33. The lowest BCUT2D eigenvalue weighted by atomic mass is 10.1. The summed E-state index contributed by atoms with van der Waals surface area (Å²) < 4.78 is 0. The number of halogens is 1. The van der Waals surface area contributed by atoms with E-state index in [1.54, 1.807) is 11.8 Å². The summed E-state index contributed by atoms with van der Waals surface area (Å²) in [6.07, 6.45) is 2.04. The number of rotatable bonds is 6. The van der Waals surface area contributed by atoms with Crippen LogP contribution >= 0.6 is 28.7 Å². The maximum Gasteiger partial charge on any atom is 0.182 e. The molecule has 2 aromatic rings. The third-order valence-electron chi connectivity index (χ3n) is 4.45. The van der Waals surface area contributed by atoms with Gasteiger partial charge in [0.25, 0.3) is 0 Å². The quantitative estimate of drug-likeness (QED) is 0.572. The molecule has 0 spiro atoms. The molecule has 1 atom stereocenters. The number of aryl methyl sites for hydroxylation is 1. The van der Waals surface area contributed by atoms with E-state index in [4.69, 9.17) is 4.99 Å². The van der Waals surface area contributed by atoms with E-state index in [0.29, 0.717) is 12.6 Å². The fourth-order valence-electron chi connectivity index (χ4n) is 2.80. The van der Waals surface area contributed by atoms with E-state index in [0.717, 1.165) is 35.0 Å². The van der Waals surface area contributed by atoms with Crippen LogP contribution in [-0.2, 0) is 6.42 Å². The van der Waals surface area contributed by atoms with Gasteiger partial charge in [0.15, 0.2) is 11.0 Å². The fraction of sp³-hybridized carbons (Fsp3) is 0.333. The highest BCUT2D eigenvalue weighted by atomic mass is 79.9. The first-order valence-corrected chi connectivity index (χ1v) is 9.85. The van der Waals surface area contributed by atoms with E-state index in [9.17, 15) is 4.79 Å². The Balaban J connectivity index is 0.00000243. The maximum atomic E-state index is 12.8. The van der Waals surface area contributed by atoms with Gasteiger partial charge in [-0.25, -0.2) is 0 Å². The zero-order valence-electron chi connectivity index (χ0n) is 15.2. The predicted octanol–water partition coefficient (Wildman–Crippen LogP) is 5.40. The zero-order valence-corrected chi connectivity index (χ0v) is 17.8. The first-order valence-electron chi connectivity index (χ1n) is 8.86. The molecular formula is C21H25BrN2OS. The third kappa shape index (κ3) is 4.98. The van der Waals surface area contributed by atoms with E-state index in [1.807, 2.05) is 30.3 Å². The van der Waals surface area contributed by atoms with Gasteiger partial charge in [-0.15, -0.1) is 17.0 Å². The van der Waals surface area contributed by atoms with Crippen molar-refractivity contribution in [3.63, 3.8) is 0 Å². The largest absolute Gasteiger partial charge is 0.313 e. The van der Waals surface area contributed by atoms with E-state index < -0.39 is 0 Å². The Labute approximate surface area is 170 Å². The highest BCUT2D eigenvalue weighted by molar-refractivity contribution is 8.93. The first-order chi connectivity index (χ1) is 12.2. The van der Waals surface area contributed by atoms with Gasteiger partial charge in [0.05, 0.1) is 12.6 Å². The summed E-state index contributed by atoms with van der Waals surface area (Å²) in [5.74, 6) is 1.11. The molecule has 0 N–H and O–H groups in total. The molecule has 0 radical (unpaired) electrons. The summed E-state index contributed by atoms with van der Waals surface area (Å²) in [5, 5.41) is 0.959.